The average Bonchev–Trinajstić information content (AvgIpc) is 3.48. The molecule has 5 nitrogen and oxygen atoms in total. The van der Waals surface area contributed by atoms with Crippen LogP contribution in [0.25, 0.3) is 16.9 Å². The predicted molar refractivity (Wildman–Crippen MR) is 127 cm³/mol. The Morgan fingerprint density at radius 2 is 2.00 bits per heavy atom. The van der Waals surface area contributed by atoms with Gasteiger partial charge in [-0.25, -0.2) is 14.4 Å². The molecule has 0 radical (unpaired) electrons. The molecular weight excluding hydrogens is 401 g/mol. The number of halogens is 1. The lowest BCUT2D eigenvalue weighted by atomic mass is 9.88. The predicted octanol–water partition coefficient (Wildman–Crippen LogP) is 5.58. The molecule has 1 aromatic carbocycles. The van der Waals surface area contributed by atoms with Crippen LogP contribution in [0.3, 0.4) is 0 Å². The molecule has 0 spiro atoms. The fourth-order valence-electron chi connectivity index (χ4n) is 4.85. The van der Waals surface area contributed by atoms with Gasteiger partial charge in [0.2, 0.25) is 0 Å². The van der Waals surface area contributed by atoms with E-state index in [9.17, 15) is 4.39 Å². The van der Waals surface area contributed by atoms with Crippen molar-refractivity contribution in [3.63, 3.8) is 0 Å². The molecule has 1 saturated heterocycles. The fraction of sp³-hybridized carbons (Fsp3) is 0.308. The maximum absolute atomic E-state index is 13.7. The van der Waals surface area contributed by atoms with Crippen molar-refractivity contribution in [2.24, 2.45) is 0 Å². The van der Waals surface area contributed by atoms with Crippen LogP contribution in [0.1, 0.15) is 44.2 Å². The van der Waals surface area contributed by atoms with Crippen molar-refractivity contribution in [2.75, 3.05) is 18.0 Å². The Labute approximate surface area is 188 Å². The van der Waals surface area contributed by atoms with Gasteiger partial charge in [0.25, 0.3) is 0 Å². The SMILES string of the molecule is C=CNC1=CCC(c2c(-c3ccc(F)cc3)nc3c(N4CCCC4)nccn23)C=C1CC. The van der Waals surface area contributed by atoms with Gasteiger partial charge in [-0.2, -0.15) is 0 Å². The van der Waals surface area contributed by atoms with Gasteiger partial charge >= 0.3 is 0 Å². The summed E-state index contributed by atoms with van der Waals surface area (Å²) >= 11 is 0. The smallest absolute Gasteiger partial charge is 0.181 e. The summed E-state index contributed by atoms with van der Waals surface area (Å²) in [5.41, 5.74) is 6.18. The second kappa shape index (κ2) is 8.61. The van der Waals surface area contributed by atoms with Crippen LogP contribution in [-0.4, -0.2) is 27.5 Å². The number of nitrogens with one attached hydrogen (secondary N) is 1. The Balaban J connectivity index is 1.69. The first-order valence-corrected chi connectivity index (χ1v) is 11.4. The molecule has 1 atom stereocenters. The molecule has 5 rings (SSSR count). The third kappa shape index (κ3) is 3.60. The van der Waals surface area contributed by atoms with E-state index >= 15 is 0 Å². The lowest BCUT2D eigenvalue weighted by molar-refractivity contribution is 0.628. The summed E-state index contributed by atoms with van der Waals surface area (Å²) in [4.78, 5) is 12.1. The van der Waals surface area contributed by atoms with Crippen molar-refractivity contribution in [3.05, 3.63) is 84.4 Å². The molecule has 3 heterocycles. The van der Waals surface area contributed by atoms with Gasteiger partial charge in [-0.1, -0.05) is 25.7 Å². The molecule has 2 aromatic heterocycles. The third-order valence-electron chi connectivity index (χ3n) is 6.40. The van der Waals surface area contributed by atoms with Gasteiger partial charge in [0.05, 0.1) is 11.4 Å². The van der Waals surface area contributed by atoms with E-state index in [-0.39, 0.29) is 11.7 Å². The number of anilines is 1. The minimum atomic E-state index is -0.243. The van der Waals surface area contributed by atoms with E-state index in [1.807, 2.05) is 24.5 Å². The van der Waals surface area contributed by atoms with Crippen molar-refractivity contribution < 1.29 is 4.39 Å². The molecular formula is C26H28FN5. The normalized spacial score (nSPS) is 18.6. The summed E-state index contributed by atoms with van der Waals surface area (Å²) in [6.45, 7) is 7.98. The number of benzene rings is 1. The Morgan fingerprint density at radius 3 is 2.72 bits per heavy atom. The van der Waals surface area contributed by atoms with E-state index in [4.69, 9.17) is 9.97 Å². The molecule has 1 aliphatic carbocycles. The van der Waals surface area contributed by atoms with E-state index in [1.54, 1.807) is 6.20 Å². The van der Waals surface area contributed by atoms with Gasteiger partial charge in [-0.15, -0.1) is 0 Å². The first-order chi connectivity index (χ1) is 15.7. The molecule has 2 aliphatic rings. The number of imidazole rings is 1. The van der Waals surface area contributed by atoms with Gasteiger partial charge in [0, 0.05) is 42.7 Å². The van der Waals surface area contributed by atoms with Gasteiger partial charge in [-0.3, -0.25) is 4.40 Å². The highest BCUT2D eigenvalue weighted by atomic mass is 19.1. The lowest BCUT2D eigenvalue weighted by Crippen LogP contribution is -2.20. The van der Waals surface area contributed by atoms with Crippen LogP contribution < -0.4 is 10.2 Å². The molecule has 1 fully saturated rings. The second-order valence-corrected chi connectivity index (χ2v) is 8.35. The van der Waals surface area contributed by atoms with E-state index < -0.39 is 0 Å². The monoisotopic (exact) mass is 429 g/mol. The van der Waals surface area contributed by atoms with Crippen LogP contribution >= 0.6 is 0 Å². The molecule has 0 bridgehead atoms. The first-order valence-electron chi connectivity index (χ1n) is 11.4. The Kier molecular flexibility index (Phi) is 5.52. The maximum Gasteiger partial charge on any atom is 0.181 e. The minimum Gasteiger partial charge on any atom is -0.362 e. The van der Waals surface area contributed by atoms with Crippen LogP contribution in [0.15, 0.2) is 72.9 Å². The number of rotatable bonds is 6. The zero-order valence-electron chi connectivity index (χ0n) is 18.4. The highest BCUT2D eigenvalue weighted by Gasteiger charge is 2.27. The number of hydrogen-bond donors (Lipinski definition) is 1. The minimum absolute atomic E-state index is 0.157. The topological polar surface area (TPSA) is 45.5 Å². The molecule has 164 valence electrons. The number of nitrogens with zero attached hydrogens (tertiary/aromatic N) is 4. The van der Waals surface area contributed by atoms with Gasteiger partial charge in [0.15, 0.2) is 11.5 Å². The third-order valence-corrected chi connectivity index (χ3v) is 6.40. The maximum atomic E-state index is 13.7. The van der Waals surface area contributed by atoms with Crippen LogP contribution in [0.5, 0.6) is 0 Å². The van der Waals surface area contributed by atoms with Crippen LogP contribution in [0.2, 0.25) is 0 Å². The van der Waals surface area contributed by atoms with Gasteiger partial charge in [0.1, 0.15) is 5.82 Å². The molecule has 0 amide bonds. The molecule has 0 saturated carbocycles. The second-order valence-electron chi connectivity index (χ2n) is 8.35. The summed E-state index contributed by atoms with van der Waals surface area (Å²) in [5.74, 6) is 0.844. The molecule has 32 heavy (non-hydrogen) atoms. The van der Waals surface area contributed by atoms with E-state index in [2.05, 4.69) is 40.3 Å². The fourth-order valence-corrected chi connectivity index (χ4v) is 4.85. The molecule has 6 heteroatoms. The van der Waals surface area contributed by atoms with Gasteiger partial charge < -0.3 is 10.2 Å². The van der Waals surface area contributed by atoms with Crippen molar-refractivity contribution in [1.82, 2.24) is 19.7 Å². The lowest BCUT2D eigenvalue weighted by Gasteiger charge is -2.23. The largest absolute Gasteiger partial charge is 0.362 e. The Morgan fingerprint density at radius 1 is 1.22 bits per heavy atom. The highest BCUT2D eigenvalue weighted by Crippen LogP contribution is 2.38. The first kappa shape index (κ1) is 20.5. The quantitative estimate of drug-likeness (QED) is 0.556. The van der Waals surface area contributed by atoms with E-state index in [0.29, 0.717) is 0 Å². The summed E-state index contributed by atoms with van der Waals surface area (Å²) < 4.78 is 15.9. The van der Waals surface area contributed by atoms with Crippen LogP contribution in [0, 0.1) is 5.82 Å². The van der Waals surface area contributed by atoms with E-state index in [0.717, 1.165) is 60.0 Å². The zero-order valence-corrected chi connectivity index (χ0v) is 18.4. The molecule has 1 N–H and O–H groups in total. The zero-order chi connectivity index (χ0) is 22.1. The van der Waals surface area contributed by atoms with Gasteiger partial charge in [-0.05, 0) is 61.7 Å². The average molecular weight is 430 g/mol. The number of allylic oxidation sites excluding steroid dienone is 3. The van der Waals surface area contributed by atoms with Crippen LogP contribution in [0.4, 0.5) is 10.2 Å². The number of hydrogen-bond acceptors (Lipinski definition) is 4. The van der Waals surface area contributed by atoms with E-state index in [1.165, 1.54) is 30.5 Å². The Hall–Kier alpha value is -3.41. The summed E-state index contributed by atoms with van der Waals surface area (Å²) in [7, 11) is 0. The Bertz CT molecular complexity index is 1200. The molecule has 3 aromatic rings. The van der Waals surface area contributed by atoms with Crippen molar-refractivity contribution in [3.8, 4) is 11.3 Å². The van der Waals surface area contributed by atoms with Crippen LogP contribution in [-0.2, 0) is 0 Å². The summed E-state index contributed by atoms with van der Waals surface area (Å²) in [5, 5.41) is 3.26. The summed E-state index contributed by atoms with van der Waals surface area (Å²) in [6, 6.07) is 6.64. The van der Waals surface area contributed by atoms with Crippen molar-refractivity contribution >= 4 is 11.5 Å². The van der Waals surface area contributed by atoms with Crippen molar-refractivity contribution in [2.45, 2.75) is 38.5 Å². The molecule has 1 unspecified atom stereocenters. The van der Waals surface area contributed by atoms with Crippen molar-refractivity contribution in [1.29, 1.82) is 0 Å². The number of fused-ring (bicyclic) bond motifs is 1. The highest BCUT2D eigenvalue weighted by molar-refractivity contribution is 5.74. The standard InChI is InChI=1S/C26H28FN5/c1-3-18-17-20(9-12-22(18)28-4-2)24-23(19-7-10-21(27)11-8-19)30-26-25(29-13-16-32(24)26)31-14-5-6-15-31/h4,7-8,10-13,16-17,20,28H,2-3,5-6,9,14-15H2,1H3. The number of aromatic nitrogens is 3. The molecule has 1 aliphatic heterocycles. The summed E-state index contributed by atoms with van der Waals surface area (Å²) in [6.07, 6.45) is 14.3.